The third-order valence-corrected chi connectivity index (χ3v) is 6.83. The molecular formula is C34H23N3. The Labute approximate surface area is 215 Å². The van der Waals surface area contributed by atoms with Gasteiger partial charge >= 0.3 is 0 Å². The molecule has 0 spiro atoms. The molecule has 2 aromatic heterocycles. The molecule has 2 heterocycles. The third kappa shape index (κ3) is 3.97. The van der Waals surface area contributed by atoms with Gasteiger partial charge in [0.05, 0.1) is 11.4 Å². The molecule has 7 rings (SSSR count). The van der Waals surface area contributed by atoms with Crippen LogP contribution in [-0.4, -0.2) is 15.0 Å². The molecule has 0 aliphatic rings. The lowest BCUT2D eigenvalue weighted by Crippen LogP contribution is -1.96. The number of hydrogen-bond acceptors (Lipinski definition) is 2. The van der Waals surface area contributed by atoms with Crippen LogP contribution in [0.3, 0.4) is 0 Å². The predicted octanol–water partition coefficient (Wildman–Crippen LogP) is 8.78. The minimum Gasteiger partial charge on any atom is -0.355 e. The number of benzene rings is 5. The molecule has 0 aliphatic carbocycles. The Kier molecular flexibility index (Phi) is 5.11. The maximum Gasteiger partial charge on any atom is 0.160 e. The zero-order chi connectivity index (χ0) is 24.6. The van der Waals surface area contributed by atoms with E-state index in [1.165, 1.54) is 16.3 Å². The number of nitrogens with zero attached hydrogens (tertiary/aromatic N) is 2. The SMILES string of the molecule is c1ccc(-c2cc(-c3cccc(-c4ccc5[nH]c6ccccc6c5c4)c3)nc(-c3ccccc3)n2)cc1. The molecule has 0 saturated carbocycles. The van der Waals surface area contributed by atoms with Crippen molar-refractivity contribution in [3.8, 4) is 45.0 Å². The van der Waals surface area contributed by atoms with Crippen molar-refractivity contribution in [2.45, 2.75) is 0 Å². The highest BCUT2D eigenvalue weighted by Gasteiger charge is 2.12. The van der Waals surface area contributed by atoms with Crippen molar-refractivity contribution in [1.29, 1.82) is 0 Å². The summed E-state index contributed by atoms with van der Waals surface area (Å²) in [6.45, 7) is 0. The fraction of sp³-hybridized carbons (Fsp3) is 0. The van der Waals surface area contributed by atoms with E-state index < -0.39 is 0 Å². The Morgan fingerprint density at radius 3 is 1.78 bits per heavy atom. The van der Waals surface area contributed by atoms with E-state index in [4.69, 9.17) is 9.97 Å². The Hall–Kier alpha value is -5.02. The van der Waals surface area contributed by atoms with E-state index in [0.717, 1.165) is 50.5 Å². The molecule has 0 amide bonds. The summed E-state index contributed by atoms with van der Waals surface area (Å²) in [5, 5.41) is 2.48. The zero-order valence-corrected chi connectivity index (χ0v) is 20.1. The summed E-state index contributed by atoms with van der Waals surface area (Å²) in [6, 6.07) is 46.3. The zero-order valence-electron chi connectivity index (χ0n) is 20.1. The van der Waals surface area contributed by atoms with Crippen LogP contribution in [0.25, 0.3) is 66.8 Å². The van der Waals surface area contributed by atoms with Crippen molar-refractivity contribution >= 4 is 21.8 Å². The van der Waals surface area contributed by atoms with Gasteiger partial charge in [-0.2, -0.15) is 0 Å². The lowest BCUT2D eigenvalue weighted by atomic mass is 9.99. The quantitative estimate of drug-likeness (QED) is 0.277. The molecule has 37 heavy (non-hydrogen) atoms. The largest absolute Gasteiger partial charge is 0.355 e. The Morgan fingerprint density at radius 2 is 0.973 bits per heavy atom. The van der Waals surface area contributed by atoms with Gasteiger partial charge < -0.3 is 4.98 Å². The second kappa shape index (κ2) is 8.89. The highest BCUT2D eigenvalue weighted by atomic mass is 14.9. The summed E-state index contributed by atoms with van der Waals surface area (Å²) in [4.78, 5) is 13.4. The molecule has 3 heteroatoms. The monoisotopic (exact) mass is 473 g/mol. The van der Waals surface area contributed by atoms with Gasteiger partial charge in [-0.1, -0.05) is 103 Å². The van der Waals surface area contributed by atoms with Crippen molar-refractivity contribution in [2.75, 3.05) is 0 Å². The molecule has 1 N–H and O–H groups in total. The van der Waals surface area contributed by atoms with E-state index in [2.05, 4.69) is 102 Å². The number of rotatable bonds is 4. The minimum atomic E-state index is 0.725. The molecule has 0 unspecified atom stereocenters. The summed E-state index contributed by atoms with van der Waals surface area (Å²) < 4.78 is 0. The average Bonchev–Trinajstić information content (AvgIpc) is 3.36. The summed E-state index contributed by atoms with van der Waals surface area (Å²) in [6.07, 6.45) is 0. The van der Waals surface area contributed by atoms with Crippen LogP contribution in [0.15, 0.2) is 133 Å². The molecule has 0 aliphatic heterocycles. The van der Waals surface area contributed by atoms with Crippen LogP contribution >= 0.6 is 0 Å². The predicted molar refractivity (Wildman–Crippen MR) is 153 cm³/mol. The molecule has 3 nitrogen and oxygen atoms in total. The number of H-pyrrole nitrogens is 1. The fourth-order valence-corrected chi connectivity index (χ4v) is 4.95. The summed E-state index contributed by atoms with van der Waals surface area (Å²) in [5.74, 6) is 0.725. The molecule has 0 saturated heterocycles. The van der Waals surface area contributed by atoms with E-state index in [-0.39, 0.29) is 0 Å². The van der Waals surface area contributed by atoms with Crippen molar-refractivity contribution in [3.05, 3.63) is 133 Å². The highest BCUT2D eigenvalue weighted by molar-refractivity contribution is 6.08. The van der Waals surface area contributed by atoms with Crippen molar-refractivity contribution < 1.29 is 0 Å². The first-order valence-corrected chi connectivity index (χ1v) is 12.4. The summed E-state index contributed by atoms with van der Waals surface area (Å²) >= 11 is 0. The van der Waals surface area contributed by atoms with E-state index >= 15 is 0 Å². The van der Waals surface area contributed by atoms with Crippen LogP contribution in [0.5, 0.6) is 0 Å². The van der Waals surface area contributed by atoms with Crippen LogP contribution in [0.1, 0.15) is 0 Å². The van der Waals surface area contributed by atoms with Gasteiger partial charge in [0.2, 0.25) is 0 Å². The standard InChI is InChI=1S/C34H23N3/c1-3-10-23(11-4-1)32-22-33(37-34(36-32)24-12-5-2-6-13-24)27-15-9-14-25(20-27)26-18-19-31-29(21-26)28-16-7-8-17-30(28)35-31/h1-22,35H. The van der Waals surface area contributed by atoms with E-state index in [1.807, 2.05) is 36.4 Å². The smallest absolute Gasteiger partial charge is 0.160 e. The second-order valence-corrected chi connectivity index (χ2v) is 9.21. The van der Waals surface area contributed by atoms with Gasteiger partial charge in [-0.3, -0.25) is 0 Å². The first-order valence-electron chi connectivity index (χ1n) is 12.4. The van der Waals surface area contributed by atoms with Crippen molar-refractivity contribution in [1.82, 2.24) is 15.0 Å². The van der Waals surface area contributed by atoms with Gasteiger partial charge in [0, 0.05) is 38.5 Å². The third-order valence-electron chi connectivity index (χ3n) is 6.83. The van der Waals surface area contributed by atoms with Crippen LogP contribution in [0, 0.1) is 0 Å². The molecule has 7 aromatic rings. The number of hydrogen-bond donors (Lipinski definition) is 1. The fourth-order valence-electron chi connectivity index (χ4n) is 4.95. The maximum atomic E-state index is 5.00. The molecule has 0 fully saturated rings. The second-order valence-electron chi connectivity index (χ2n) is 9.21. The van der Waals surface area contributed by atoms with E-state index in [0.29, 0.717) is 0 Å². The minimum absolute atomic E-state index is 0.725. The lowest BCUT2D eigenvalue weighted by Gasteiger charge is -2.11. The van der Waals surface area contributed by atoms with Crippen LogP contribution < -0.4 is 0 Å². The molecule has 0 radical (unpaired) electrons. The first-order chi connectivity index (χ1) is 18.3. The average molecular weight is 474 g/mol. The summed E-state index contributed by atoms with van der Waals surface area (Å²) in [5.41, 5.74) is 9.60. The van der Waals surface area contributed by atoms with Crippen molar-refractivity contribution in [3.63, 3.8) is 0 Å². The Morgan fingerprint density at radius 1 is 0.378 bits per heavy atom. The Balaban J connectivity index is 1.36. The van der Waals surface area contributed by atoms with Gasteiger partial charge in [-0.05, 0) is 41.5 Å². The van der Waals surface area contributed by atoms with Gasteiger partial charge in [0.15, 0.2) is 5.82 Å². The van der Waals surface area contributed by atoms with Crippen LogP contribution in [-0.2, 0) is 0 Å². The van der Waals surface area contributed by atoms with Crippen molar-refractivity contribution in [2.24, 2.45) is 0 Å². The molecule has 174 valence electrons. The first kappa shape index (κ1) is 21.3. The topological polar surface area (TPSA) is 41.6 Å². The van der Waals surface area contributed by atoms with Gasteiger partial charge in [-0.25, -0.2) is 9.97 Å². The Bertz CT molecular complexity index is 1810. The molecular weight excluding hydrogens is 450 g/mol. The van der Waals surface area contributed by atoms with Crippen LogP contribution in [0.2, 0.25) is 0 Å². The number of para-hydroxylation sites is 1. The molecule has 5 aromatic carbocycles. The van der Waals surface area contributed by atoms with Crippen LogP contribution in [0.4, 0.5) is 0 Å². The normalized spacial score (nSPS) is 11.2. The highest BCUT2D eigenvalue weighted by Crippen LogP contribution is 2.33. The lowest BCUT2D eigenvalue weighted by molar-refractivity contribution is 1.18. The number of fused-ring (bicyclic) bond motifs is 3. The van der Waals surface area contributed by atoms with E-state index in [1.54, 1.807) is 0 Å². The maximum absolute atomic E-state index is 5.00. The van der Waals surface area contributed by atoms with Gasteiger partial charge in [-0.15, -0.1) is 0 Å². The van der Waals surface area contributed by atoms with Gasteiger partial charge in [0.1, 0.15) is 0 Å². The van der Waals surface area contributed by atoms with Gasteiger partial charge in [0.25, 0.3) is 0 Å². The van der Waals surface area contributed by atoms with E-state index in [9.17, 15) is 0 Å². The number of aromatic nitrogens is 3. The number of aromatic amines is 1. The summed E-state index contributed by atoms with van der Waals surface area (Å²) in [7, 11) is 0. The molecule has 0 bridgehead atoms. The molecule has 0 atom stereocenters. The number of nitrogens with one attached hydrogen (secondary N) is 1.